The molecule has 0 aromatic carbocycles. The van der Waals surface area contributed by atoms with Gasteiger partial charge in [0.1, 0.15) is 0 Å². The molecule has 0 amide bonds. The highest BCUT2D eigenvalue weighted by atomic mass is 16.5. The first-order valence-electron chi connectivity index (χ1n) is 4.55. The van der Waals surface area contributed by atoms with Crippen molar-refractivity contribution in [1.29, 1.82) is 0 Å². The van der Waals surface area contributed by atoms with Crippen molar-refractivity contribution in [3.8, 4) is 0 Å². The minimum Gasteiger partial charge on any atom is -0.465 e. The summed E-state index contributed by atoms with van der Waals surface area (Å²) in [6.45, 7) is 10.2. The van der Waals surface area contributed by atoms with Crippen LogP contribution < -0.4 is 5.32 Å². The second kappa shape index (κ2) is 8.26. The van der Waals surface area contributed by atoms with Gasteiger partial charge >= 0.3 is 5.97 Å². The number of carbonyl (C=O) groups excluding carboxylic acids is 1. The molecule has 1 N–H and O–H groups in total. The minimum absolute atomic E-state index is 0.218. The third-order valence-corrected chi connectivity index (χ3v) is 1.50. The number of hydrogen-bond donors (Lipinski definition) is 1. The van der Waals surface area contributed by atoms with Gasteiger partial charge in [0, 0.05) is 6.54 Å². The lowest BCUT2D eigenvalue weighted by Gasteiger charge is -2.04. The van der Waals surface area contributed by atoms with Gasteiger partial charge in [-0.3, -0.25) is 4.79 Å². The standard InChI is InChI=1S/C11H17NO2/c1-4-7-10(5-2)8-12-9-11(13)14-6-3/h4-5,7,12H,1-2,6,8-9H2,3H3/b10-7+. The van der Waals surface area contributed by atoms with E-state index in [9.17, 15) is 4.79 Å². The monoisotopic (exact) mass is 195 g/mol. The van der Waals surface area contributed by atoms with E-state index in [2.05, 4.69) is 18.5 Å². The Bertz CT molecular complexity index is 231. The van der Waals surface area contributed by atoms with Crippen molar-refractivity contribution in [1.82, 2.24) is 5.32 Å². The van der Waals surface area contributed by atoms with Crippen LogP contribution in [0.4, 0.5) is 0 Å². The Labute approximate surface area is 85.1 Å². The fourth-order valence-corrected chi connectivity index (χ4v) is 0.871. The van der Waals surface area contributed by atoms with E-state index in [-0.39, 0.29) is 12.5 Å². The molecule has 0 bridgehead atoms. The Morgan fingerprint density at radius 3 is 2.64 bits per heavy atom. The number of esters is 1. The van der Waals surface area contributed by atoms with E-state index >= 15 is 0 Å². The molecule has 0 aromatic rings. The lowest BCUT2D eigenvalue weighted by molar-refractivity contribution is -0.141. The van der Waals surface area contributed by atoms with E-state index in [1.54, 1.807) is 19.1 Å². The second-order valence-electron chi connectivity index (χ2n) is 2.59. The van der Waals surface area contributed by atoms with Crippen molar-refractivity contribution in [3.63, 3.8) is 0 Å². The van der Waals surface area contributed by atoms with Crippen LogP contribution in [0.2, 0.25) is 0 Å². The molecule has 0 atom stereocenters. The topological polar surface area (TPSA) is 38.3 Å². The van der Waals surface area contributed by atoms with Gasteiger partial charge in [-0.15, -0.1) is 0 Å². The Kier molecular flexibility index (Phi) is 7.46. The molecular formula is C11H17NO2. The van der Waals surface area contributed by atoms with Gasteiger partial charge in [0.25, 0.3) is 0 Å². The van der Waals surface area contributed by atoms with Gasteiger partial charge < -0.3 is 10.1 Å². The molecule has 0 fully saturated rings. The number of ether oxygens (including phenoxy) is 1. The molecule has 0 aliphatic rings. The number of rotatable bonds is 7. The van der Waals surface area contributed by atoms with Crippen LogP contribution >= 0.6 is 0 Å². The molecule has 0 aliphatic heterocycles. The molecule has 0 heterocycles. The summed E-state index contributed by atoms with van der Waals surface area (Å²) in [5.41, 5.74) is 0.990. The van der Waals surface area contributed by atoms with E-state index in [0.29, 0.717) is 13.2 Å². The van der Waals surface area contributed by atoms with Crippen LogP contribution in [0.1, 0.15) is 6.92 Å². The lowest BCUT2D eigenvalue weighted by atomic mass is 10.2. The van der Waals surface area contributed by atoms with E-state index in [0.717, 1.165) is 5.57 Å². The Balaban J connectivity index is 3.71. The summed E-state index contributed by atoms with van der Waals surface area (Å²) in [6.07, 6.45) is 5.24. The van der Waals surface area contributed by atoms with Crippen molar-refractivity contribution < 1.29 is 9.53 Å². The minimum atomic E-state index is -0.241. The third-order valence-electron chi connectivity index (χ3n) is 1.50. The maximum Gasteiger partial charge on any atom is 0.319 e. The highest BCUT2D eigenvalue weighted by molar-refractivity contribution is 5.71. The van der Waals surface area contributed by atoms with Crippen LogP contribution in [0.5, 0.6) is 0 Å². The maximum absolute atomic E-state index is 10.9. The van der Waals surface area contributed by atoms with Gasteiger partial charge in [0.2, 0.25) is 0 Å². The van der Waals surface area contributed by atoms with E-state index in [1.807, 2.05) is 6.08 Å². The molecule has 0 saturated carbocycles. The highest BCUT2D eigenvalue weighted by Gasteiger charge is 1.99. The fourth-order valence-electron chi connectivity index (χ4n) is 0.871. The Morgan fingerprint density at radius 1 is 1.43 bits per heavy atom. The Hall–Kier alpha value is -1.35. The van der Waals surface area contributed by atoms with E-state index in [1.165, 1.54) is 0 Å². The van der Waals surface area contributed by atoms with Crippen LogP contribution in [0.15, 0.2) is 37.0 Å². The first kappa shape index (κ1) is 12.7. The molecular weight excluding hydrogens is 178 g/mol. The van der Waals surface area contributed by atoms with E-state index < -0.39 is 0 Å². The summed E-state index contributed by atoms with van der Waals surface area (Å²) in [4.78, 5) is 10.9. The number of nitrogens with one attached hydrogen (secondary N) is 1. The van der Waals surface area contributed by atoms with Crippen LogP contribution in [0, 0.1) is 0 Å². The van der Waals surface area contributed by atoms with Crippen LogP contribution in [0.25, 0.3) is 0 Å². The number of carbonyl (C=O) groups is 1. The predicted octanol–water partition coefficient (Wildman–Crippen LogP) is 1.44. The normalized spacial score (nSPS) is 10.8. The largest absolute Gasteiger partial charge is 0.465 e. The first-order valence-corrected chi connectivity index (χ1v) is 4.55. The molecule has 0 aliphatic carbocycles. The van der Waals surface area contributed by atoms with Crippen molar-refractivity contribution in [3.05, 3.63) is 37.0 Å². The molecule has 0 radical (unpaired) electrons. The molecule has 0 unspecified atom stereocenters. The molecule has 14 heavy (non-hydrogen) atoms. The Morgan fingerprint density at radius 2 is 2.14 bits per heavy atom. The summed E-state index contributed by atoms with van der Waals surface area (Å²) in [5.74, 6) is -0.241. The van der Waals surface area contributed by atoms with Crippen LogP contribution in [-0.2, 0) is 9.53 Å². The summed E-state index contributed by atoms with van der Waals surface area (Å²) in [6, 6.07) is 0. The summed E-state index contributed by atoms with van der Waals surface area (Å²) < 4.78 is 4.75. The van der Waals surface area contributed by atoms with Gasteiger partial charge in [0.15, 0.2) is 0 Å². The van der Waals surface area contributed by atoms with Crippen molar-refractivity contribution >= 4 is 5.97 Å². The molecule has 3 heteroatoms. The zero-order valence-electron chi connectivity index (χ0n) is 8.58. The van der Waals surface area contributed by atoms with Crippen LogP contribution in [-0.4, -0.2) is 25.7 Å². The zero-order valence-corrected chi connectivity index (χ0v) is 8.58. The van der Waals surface area contributed by atoms with E-state index in [4.69, 9.17) is 4.74 Å². The maximum atomic E-state index is 10.9. The summed E-state index contributed by atoms with van der Waals surface area (Å²) >= 11 is 0. The van der Waals surface area contributed by atoms with Crippen molar-refractivity contribution in [2.24, 2.45) is 0 Å². The van der Waals surface area contributed by atoms with Gasteiger partial charge in [-0.05, 0) is 12.5 Å². The molecule has 0 saturated heterocycles. The average Bonchev–Trinajstić information content (AvgIpc) is 2.17. The van der Waals surface area contributed by atoms with Crippen LogP contribution in [0.3, 0.4) is 0 Å². The first-order chi connectivity index (χ1) is 6.74. The van der Waals surface area contributed by atoms with Gasteiger partial charge in [-0.1, -0.05) is 31.4 Å². The number of allylic oxidation sites excluding steroid dienone is 2. The second-order valence-corrected chi connectivity index (χ2v) is 2.59. The highest BCUT2D eigenvalue weighted by Crippen LogP contribution is 1.93. The smallest absolute Gasteiger partial charge is 0.319 e. The predicted molar refractivity (Wildman–Crippen MR) is 58.0 cm³/mol. The van der Waals surface area contributed by atoms with Gasteiger partial charge in [0.05, 0.1) is 13.2 Å². The zero-order chi connectivity index (χ0) is 10.8. The quantitative estimate of drug-likeness (QED) is 0.493. The lowest BCUT2D eigenvalue weighted by Crippen LogP contribution is -2.26. The van der Waals surface area contributed by atoms with Crippen molar-refractivity contribution in [2.75, 3.05) is 19.7 Å². The molecule has 78 valence electrons. The molecule has 0 spiro atoms. The molecule has 0 aromatic heterocycles. The molecule has 3 nitrogen and oxygen atoms in total. The molecule has 0 rings (SSSR count). The van der Waals surface area contributed by atoms with Crippen molar-refractivity contribution in [2.45, 2.75) is 6.92 Å². The number of hydrogen-bond acceptors (Lipinski definition) is 3. The SMILES string of the molecule is C=C/C=C(\C=C)CNCC(=O)OCC. The average molecular weight is 195 g/mol. The van der Waals surface area contributed by atoms with Gasteiger partial charge in [-0.25, -0.2) is 0 Å². The summed E-state index contributed by atoms with van der Waals surface area (Å²) in [7, 11) is 0. The summed E-state index contributed by atoms with van der Waals surface area (Å²) in [5, 5.41) is 2.94. The fraction of sp³-hybridized carbons (Fsp3) is 0.364. The third kappa shape index (κ3) is 6.20. The van der Waals surface area contributed by atoms with Gasteiger partial charge in [-0.2, -0.15) is 0 Å².